The van der Waals surface area contributed by atoms with E-state index in [0.29, 0.717) is 0 Å². The van der Waals surface area contributed by atoms with Gasteiger partial charge in [0.05, 0.1) is 6.61 Å². The van der Waals surface area contributed by atoms with Crippen molar-refractivity contribution in [3.8, 4) is 0 Å². The number of pyridine rings is 1. The van der Waals surface area contributed by atoms with Crippen LogP contribution in [0, 0.1) is 0 Å². The summed E-state index contributed by atoms with van der Waals surface area (Å²) in [6.45, 7) is 4.74. The third-order valence-corrected chi connectivity index (χ3v) is 3.96. The summed E-state index contributed by atoms with van der Waals surface area (Å²) in [4.78, 5) is 6.97. The first kappa shape index (κ1) is 12.6. The van der Waals surface area contributed by atoms with Crippen LogP contribution >= 0.6 is 0 Å². The SMILES string of the molecule is OCc1cn(CCCN2CCCC2)c2ncccc12. The van der Waals surface area contributed by atoms with Crippen LogP contribution in [0.4, 0.5) is 0 Å². The van der Waals surface area contributed by atoms with Crippen molar-refractivity contribution in [1.29, 1.82) is 0 Å². The van der Waals surface area contributed by atoms with Gasteiger partial charge in [-0.15, -0.1) is 0 Å². The van der Waals surface area contributed by atoms with Gasteiger partial charge in [0, 0.05) is 29.9 Å². The van der Waals surface area contributed by atoms with Gasteiger partial charge in [0.25, 0.3) is 0 Å². The summed E-state index contributed by atoms with van der Waals surface area (Å²) in [5.41, 5.74) is 1.97. The molecule has 0 aromatic carbocycles. The number of hydrogen-bond donors (Lipinski definition) is 1. The van der Waals surface area contributed by atoms with Gasteiger partial charge in [-0.05, 0) is 51.0 Å². The lowest BCUT2D eigenvalue weighted by atomic mass is 10.2. The van der Waals surface area contributed by atoms with E-state index in [9.17, 15) is 5.11 Å². The first-order valence-electron chi connectivity index (χ1n) is 7.14. The van der Waals surface area contributed by atoms with Crippen molar-refractivity contribution in [2.75, 3.05) is 19.6 Å². The minimum absolute atomic E-state index is 0.0846. The molecule has 1 saturated heterocycles. The molecule has 0 radical (unpaired) electrons. The maximum absolute atomic E-state index is 9.40. The second-order valence-corrected chi connectivity index (χ2v) is 5.28. The molecule has 0 amide bonds. The fourth-order valence-electron chi connectivity index (χ4n) is 2.96. The molecular formula is C15H21N3O. The van der Waals surface area contributed by atoms with Crippen molar-refractivity contribution in [3.63, 3.8) is 0 Å². The van der Waals surface area contributed by atoms with E-state index in [4.69, 9.17) is 0 Å². The molecule has 1 fully saturated rings. The smallest absolute Gasteiger partial charge is 0.140 e. The molecule has 0 bridgehead atoms. The Morgan fingerprint density at radius 1 is 1.21 bits per heavy atom. The predicted octanol–water partition coefficient (Wildman–Crippen LogP) is 2.01. The van der Waals surface area contributed by atoms with E-state index >= 15 is 0 Å². The van der Waals surface area contributed by atoms with Gasteiger partial charge in [0.15, 0.2) is 0 Å². The van der Waals surface area contributed by atoms with Gasteiger partial charge >= 0.3 is 0 Å². The van der Waals surface area contributed by atoms with E-state index in [0.717, 1.165) is 29.6 Å². The molecule has 1 aliphatic rings. The topological polar surface area (TPSA) is 41.3 Å². The van der Waals surface area contributed by atoms with Crippen LogP contribution in [0.5, 0.6) is 0 Å². The monoisotopic (exact) mass is 259 g/mol. The average Bonchev–Trinajstić information content (AvgIpc) is 3.07. The van der Waals surface area contributed by atoms with E-state index in [2.05, 4.69) is 14.5 Å². The van der Waals surface area contributed by atoms with Crippen molar-refractivity contribution in [1.82, 2.24) is 14.5 Å². The number of rotatable bonds is 5. The number of fused-ring (bicyclic) bond motifs is 1. The van der Waals surface area contributed by atoms with Gasteiger partial charge in [-0.1, -0.05) is 0 Å². The van der Waals surface area contributed by atoms with Crippen LogP contribution in [0.1, 0.15) is 24.8 Å². The normalized spacial score (nSPS) is 16.5. The van der Waals surface area contributed by atoms with Crippen molar-refractivity contribution >= 4 is 11.0 Å². The largest absolute Gasteiger partial charge is 0.392 e. The summed E-state index contributed by atoms with van der Waals surface area (Å²) in [5, 5.41) is 10.5. The molecule has 0 unspecified atom stereocenters. The lowest BCUT2D eigenvalue weighted by molar-refractivity contribution is 0.283. The number of aryl methyl sites for hydroxylation is 1. The number of aliphatic hydroxyl groups excluding tert-OH is 1. The maximum Gasteiger partial charge on any atom is 0.140 e. The molecule has 2 aromatic rings. The molecular weight excluding hydrogens is 238 g/mol. The summed E-state index contributed by atoms with van der Waals surface area (Å²) < 4.78 is 2.18. The molecule has 102 valence electrons. The number of aromatic nitrogens is 2. The van der Waals surface area contributed by atoms with Crippen LogP contribution < -0.4 is 0 Å². The van der Waals surface area contributed by atoms with Crippen LogP contribution in [-0.2, 0) is 13.2 Å². The molecule has 2 aromatic heterocycles. The van der Waals surface area contributed by atoms with E-state index < -0.39 is 0 Å². The zero-order valence-corrected chi connectivity index (χ0v) is 11.3. The van der Waals surface area contributed by atoms with Gasteiger partial charge in [-0.3, -0.25) is 0 Å². The summed E-state index contributed by atoms with van der Waals surface area (Å²) in [6, 6.07) is 3.96. The van der Waals surface area contributed by atoms with Crippen LogP contribution in [0.2, 0.25) is 0 Å². The highest BCUT2D eigenvalue weighted by Crippen LogP contribution is 2.19. The van der Waals surface area contributed by atoms with E-state index in [1.807, 2.05) is 24.5 Å². The van der Waals surface area contributed by atoms with E-state index in [-0.39, 0.29) is 6.61 Å². The standard InChI is InChI=1S/C15H21N3O/c19-12-13-11-18(15-14(13)5-3-6-16-15)10-4-9-17-7-1-2-8-17/h3,5-6,11,19H,1-2,4,7-10,12H2. The van der Waals surface area contributed by atoms with Crippen LogP contribution in [0.3, 0.4) is 0 Å². The molecule has 1 aliphatic heterocycles. The molecule has 0 spiro atoms. The molecule has 4 heteroatoms. The van der Waals surface area contributed by atoms with Crippen molar-refractivity contribution in [3.05, 3.63) is 30.1 Å². The number of hydrogen-bond acceptors (Lipinski definition) is 3. The molecule has 19 heavy (non-hydrogen) atoms. The first-order chi connectivity index (χ1) is 9.38. The summed E-state index contributed by atoms with van der Waals surface area (Å²) in [7, 11) is 0. The Morgan fingerprint density at radius 2 is 2.05 bits per heavy atom. The molecule has 3 heterocycles. The summed E-state index contributed by atoms with van der Waals surface area (Å²) in [6.07, 6.45) is 7.71. The molecule has 4 nitrogen and oxygen atoms in total. The van der Waals surface area contributed by atoms with Gasteiger partial charge in [0.1, 0.15) is 5.65 Å². The van der Waals surface area contributed by atoms with Crippen LogP contribution in [0.25, 0.3) is 11.0 Å². The number of aliphatic hydroxyl groups is 1. The lowest BCUT2D eigenvalue weighted by Gasteiger charge is -2.14. The number of nitrogens with zero attached hydrogens (tertiary/aromatic N) is 3. The Bertz CT molecular complexity index is 543. The number of likely N-dealkylation sites (tertiary alicyclic amines) is 1. The second kappa shape index (κ2) is 5.72. The Morgan fingerprint density at radius 3 is 2.84 bits per heavy atom. The third-order valence-electron chi connectivity index (χ3n) is 3.96. The summed E-state index contributed by atoms with van der Waals surface area (Å²) in [5.74, 6) is 0. The highest BCUT2D eigenvalue weighted by atomic mass is 16.3. The Balaban J connectivity index is 1.69. The van der Waals surface area contributed by atoms with Gasteiger partial charge < -0.3 is 14.6 Å². The minimum atomic E-state index is 0.0846. The van der Waals surface area contributed by atoms with Crippen molar-refractivity contribution < 1.29 is 5.11 Å². The van der Waals surface area contributed by atoms with E-state index in [1.165, 1.54) is 32.5 Å². The van der Waals surface area contributed by atoms with Crippen LogP contribution in [0.15, 0.2) is 24.5 Å². The fourth-order valence-corrected chi connectivity index (χ4v) is 2.96. The third kappa shape index (κ3) is 2.65. The molecule has 0 atom stereocenters. The highest BCUT2D eigenvalue weighted by Gasteiger charge is 2.12. The van der Waals surface area contributed by atoms with E-state index in [1.54, 1.807) is 0 Å². The quantitative estimate of drug-likeness (QED) is 0.893. The van der Waals surface area contributed by atoms with Gasteiger partial charge in [-0.25, -0.2) is 4.98 Å². The maximum atomic E-state index is 9.40. The van der Waals surface area contributed by atoms with Crippen LogP contribution in [-0.4, -0.2) is 39.2 Å². The molecule has 0 aliphatic carbocycles. The van der Waals surface area contributed by atoms with Crippen molar-refractivity contribution in [2.45, 2.75) is 32.4 Å². The molecule has 0 saturated carbocycles. The zero-order valence-electron chi connectivity index (χ0n) is 11.3. The molecule has 3 rings (SSSR count). The minimum Gasteiger partial charge on any atom is -0.392 e. The fraction of sp³-hybridized carbons (Fsp3) is 0.533. The zero-order chi connectivity index (χ0) is 13.1. The predicted molar refractivity (Wildman–Crippen MR) is 75.9 cm³/mol. The Kier molecular flexibility index (Phi) is 3.80. The molecule has 1 N–H and O–H groups in total. The highest BCUT2D eigenvalue weighted by molar-refractivity contribution is 5.80. The first-order valence-corrected chi connectivity index (χ1v) is 7.14. The van der Waals surface area contributed by atoms with Gasteiger partial charge in [-0.2, -0.15) is 0 Å². The van der Waals surface area contributed by atoms with Crippen molar-refractivity contribution in [2.24, 2.45) is 0 Å². The second-order valence-electron chi connectivity index (χ2n) is 5.28. The lowest BCUT2D eigenvalue weighted by Crippen LogP contribution is -2.21. The Labute approximate surface area is 113 Å². The van der Waals surface area contributed by atoms with Gasteiger partial charge in [0.2, 0.25) is 0 Å². The Hall–Kier alpha value is -1.39. The average molecular weight is 259 g/mol. The summed E-state index contributed by atoms with van der Waals surface area (Å²) >= 11 is 0.